The molecule has 100 valence electrons. The average Bonchev–Trinajstić information content (AvgIpc) is 2.31. The Labute approximate surface area is 116 Å². The highest BCUT2D eigenvalue weighted by Gasteiger charge is 2.13. The lowest BCUT2D eigenvalue weighted by Crippen LogP contribution is -2.36. The van der Waals surface area contributed by atoms with E-state index in [1.165, 1.54) is 6.07 Å². The van der Waals surface area contributed by atoms with Crippen LogP contribution in [0.3, 0.4) is 0 Å². The van der Waals surface area contributed by atoms with Gasteiger partial charge in [0, 0.05) is 30.7 Å². The van der Waals surface area contributed by atoms with Crippen molar-refractivity contribution in [2.45, 2.75) is 13.5 Å². The third-order valence-electron chi connectivity index (χ3n) is 2.71. The Morgan fingerprint density at radius 3 is 2.56 bits per heavy atom. The molecule has 0 aliphatic carbocycles. The van der Waals surface area contributed by atoms with Crippen LogP contribution in [0.15, 0.2) is 22.7 Å². The van der Waals surface area contributed by atoms with E-state index in [0.29, 0.717) is 25.2 Å². The van der Waals surface area contributed by atoms with E-state index in [9.17, 15) is 9.18 Å². The summed E-state index contributed by atoms with van der Waals surface area (Å²) in [4.78, 5) is 15.1. The van der Waals surface area contributed by atoms with E-state index in [2.05, 4.69) is 15.9 Å². The molecule has 0 atom stereocenters. The summed E-state index contributed by atoms with van der Waals surface area (Å²) in [5.74, 6) is -0.227. The monoisotopic (exact) mass is 316 g/mol. The van der Waals surface area contributed by atoms with Gasteiger partial charge in [0.25, 0.3) is 0 Å². The zero-order valence-corrected chi connectivity index (χ0v) is 12.5. The van der Waals surface area contributed by atoms with Crippen LogP contribution in [-0.4, -0.2) is 42.9 Å². The van der Waals surface area contributed by atoms with Crippen LogP contribution in [0.25, 0.3) is 0 Å². The normalized spacial score (nSPS) is 10.8. The average molecular weight is 317 g/mol. The van der Waals surface area contributed by atoms with Crippen molar-refractivity contribution in [3.05, 3.63) is 34.1 Å². The van der Waals surface area contributed by atoms with E-state index >= 15 is 0 Å². The second-order valence-corrected chi connectivity index (χ2v) is 5.24. The molecule has 1 amide bonds. The number of benzene rings is 1. The van der Waals surface area contributed by atoms with Gasteiger partial charge in [-0.25, -0.2) is 4.39 Å². The molecule has 0 bridgehead atoms. The van der Waals surface area contributed by atoms with Gasteiger partial charge in [0.2, 0.25) is 5.91 Å². The van der Waals surface area contributed by atoms with Gasteiger partial charge < -0.3 is 4.90 Å². The predicted molar refractivity (Wildman–Crippen MR) is 73.7 cm³/mol. The van der Waals surface area contributed by atoms with Gasteiger partial charge in [0.15, 0.2) is 0 Å². The number of hydrogen-bond donors (Lipinski definition) is 0. The second-order valence-electron chi connectivity index (χ2n) is 4.33. The first-order valence-electron chi connectivity index (χ1n) is 5.80. The lowest BCUT2D eigenvalue weighted by atomic mass is 10.2. The largest absolute Gasteiger partial charge is 0.348 e. The highest BCUT2D eigenvalue weighted by Crippen LogP contribution is 2.16. The van der Waals surface area contributed by atoms with Crippen LogP contribution in [0.2, 0.25) is 0 Å². The first-order chi connectivity index (χ1) is 8.43. The van der Waals surface area contributed by atoms with Crippen molar-refractivity contribution in [3.8, 4) is 0 Å². The summed E-state index contributed by atoms with van der Waals surface area (Å²) in [5.41, 5.74) is 0.603. The van der Waals surface area contributed by atoms with Gasteiger partial charge in [-0.15, -0.1) is 0 Å². The molecule has 0 saturated carbocycles. The number of carbonyl (C=O) groups is 1. The molecule has 0 aliphatic heterocycles. The maximum Gasteiger partial charge on any atom is 0.236 e. The van der Waals surface area contributed by atoms with E-state index in [4.69, 9.17) is 0 Å². The molecule has 1 aromatic carbocycles. The van der Waals surface area contributed by atoms with Gasteiger partial charge in [-0.05, 0) is 18.7 Å². The quantitative estimate of drug-likeness (QED) is 0.833. The Kier molecular flexibility index (Phi) is 5.75. The van der Waals surface area contributed by atoms with Crippen molar-refractivity contribution in [2.24, 2.45) is 0 Å². The zero-order valence-electron chi connectivity index (χ0n) is 10.9. The number of hydrogen-bond acceptors (Lipinski definition) is 2. The van der Waals surface area contributed by atoms with Gasteiger partial charge in [0.1, 0.15) is 5.82 Å². The summed E-state index contributed by atoms with van der Waals surface area (Å²) in [6.07, 6.45) is 0. The van der Waals surface area contributed by atoms with Gasteiger partial charge in [0.05, 0.1) is 6.54 Å². The molecule has 18 heavy (non-hydrogen) atoms. The standard InChI is InChI=1S/C13H18BrFN2O/c1-4-17(9-13(18)16(2)3)8-10-5-6-11(14)7-12(10)15/h5-7H,4,8-9H2,1-3H3. The van der Waals surface area contributed by atoms with Crippen LogP contribution in [0.4, 0.5) is 4.39 Å². The maximum atomic E-state index is 13.7. The van der Waals surface area contributed by atoms with Gasteiger partial charge >= 0.3 is 0 Å². The van der Waals surface area contributed by atoms with Gasteiger partial charge in [-0.3, -0.25) is 9.69 Å². The van der Waals surface area contributed by atoms with Crippen LogP contribution in [0, 0.1) is 5.82 Å². The molecule has 0 N–H and O–H groups in total. The summed E-state index contributed by atoms with van der Waals surface area (Å²) >= 11 is 3.22. The smallest absolute Gasteiger partial charge is 0.236 e. The molecule has 0 radical (unpaired) electrons. The fraction of sp³-hybridized carbons (Fsp3) is 0.462. The Balaban J connectivity index is 2.71. The molecule has 1 rings (SSSR count). The van der Waals surface area contributed by atoms with Gasteiger partial charge in [-0.2, -0.15) is 0 Å². The van der Waals surface area contributed by atoms with E-state index in [1.807, 2.05) is 11.8 Å². The number of nitrogens with zero attached hydrogens (tertiary/aromatic N) is 2. The molecular formula is C13H18BrFN2O. The molecule has 3 nitrogen and oxygen atoms in total. The first-order valence-corrected chi connectivity index (χ1v) is 6.59. The van der Waals surface area contributed by atoms with Crippen molar-refractivity contribution < 1.29 is 9.18 Å². The highest BCUT2D eigenvalue weighted by atomic mass is 79.9. The van der Waals surface area contributed by atoms with Crippen molar-refractivity contribution in [1.82, 2.24) is 9.80 Å². The van der Waals surface area contributed by atoms with E-state index in [-0.39, 0.29) is 11.7 Å². The molecule has 0 unspecified atom stereocenters. The lowest BCUT2D eigenvalue weighted by molar-refractivity contribution is -0.130. The van der Waals surface area contributed by atoms with Crippen molar-refractivity contribution in [3.63, 3.8) is 0 Å². The molecule has 0 aliphatic rings. The van der Waals surface area contributed by atoms with E-state index in [1.54, 1.807) is 31.1 Å². The minimum atomic E-state index is -0.250. The van der Waals surface area contributed by atoms with Crippen LogP contribution >= 0.6 is 15.9 Å². The third-order valence-corrected chi connectivity index (χ3v) is 3.21. The summed E-state index contributed by atoms with van der Waals surface area (Å²) in [5, 5.41) is 0. The van der Waals surface area contributed by atoms with Crippen LogP contribution in [0.1, 0.15) is 12.5 Å². The summed E-state index contributed by atoms with van der Waals surface area (Å²) in [6.45, 7) is 3.41. The van der Waals surface area contributed by atoms with Crippen molar-refractivity contribution in [2.75, 3.05) is 27.2 Å². The highest BCUT2D eigenvalue weighted by molar-refractivity contribution is 9.10. The Bertz CT molecular complexity index is 423. The van der Waals surface area contributed by atoms with E-state index in [0.717, 1.165) is 4.47 Å². The summed E-state index contributed by atoms with van der Waals surface area (Å²) in [6, 6.07) is 4.99. The number of halogens is 2. The van der Waals surface area contributed by atoms with E-state index < -0.39 is 0 Å². The number of likely N-dealkylation sites (N-methyl/N-ethyl adjacent to an activating group) is 2. The predicted octanol–water partition coefficient (Wildman–Crippen LogP) is 2.50. The molecule has 0 saturated heterocycles. The minimum absolute atomic E-state index is 0.0226. The number of rotatable bonds is 5. The fourth-order valence-corrected chi connectivity index (χ4v) is 1.84. The lowest BCUT2D eigenvalue weighted by Gasteiger charge is -2.22. The SMILES string of the molecule is CCN(CC(=O)N(C)C)Cc1ccc(Br)cc1F. The topological polar surface area (TPSA) is 23.6 Å². The minimum Gasteiger partial charge on any atom is -0.348 e. The van der Waals surface area contributed by atoms with Crippen molar-refractivity contribution >= 4 is 21.8 Å². The first kappa shape index (κ1) is 15.1. The maximum absolute atomic E-state index is 13.7. The molecule has 0 spiro atoms. The molecular weight excluding hydrogens is 299 g/mol. The van der Waals surface area contributed by atoms with Crippen molar-refractivity contribution in [1.29, 1.82) is 0 Å². The molecule has 0 aromatic heterocycles. The van der Waals surface area contributed by atoms with Crippen LogP contribution < -0.4 is 0 Å². The van der Waals surface area contributed by atoms with Gasteiger partial charge in [-0.1, -0.05) is 28.9 Å². The molecule has 5 heteroatoms. The molecule has 0 fully saturated rings. The molecule has 0 heterocycles. The Hall–Kier alpha value is -0.940. The summed E-state index contributed by atoms with van der Waals surface area (Å²) in [7, 11) is 3.44. The number of amides is 1. The Morgan fingerprint density at radius 1 is 1.39 bits per heavy atom. The fourth-order valence-electron chi connectivity index (χ4n) is 1.50. The van der Waals surface area contributed by atoms with Crippen LogP contribution in [-0.2, 0) is 11.3 Å². The number of carbonyl (C=O) groups excluding carboxylic acids is 1. The summed E-state index contributed by atoms with van der Waals surface area (Å²) < 4.78 is 14.4. The third kappa shape index (κ3) is 4.38. The van der Waals surface area contributed by atoms with Crippen LogP contribution in [0.5, 0.6) is 0 Å². The second kappa shape index (κ2) is 6.85. The Morgan fingerprint density at radius 2 is 2.06 bits per heavy atom. The molecule has 1 aromatic rings. The zero-order chi connectivity index (χ0) is 13.7.